The SMILES string of the molecule is CCCCCOc1ccccc1C1C(C(=O)Nc2ccc(C)cc2C)C(=O)CC(C)(O)C1C(=O)Nc1ccc(C)cc1C. The van der Waals surface area contributed by atoms with Gasteiger partial charge in [-0.05, 0) is 75.9 Å². The second-order valence-electron chi connectivity index (χ2n) is 12.2. The number of carbonyl (C=O) groups excluding carboxylic acids is 3. The Kier molecular flexibility index (Phi) is 10.1. The van der Waals surface area contributed by atoms with E-state index in [1.54, 1.807) is 18.2 Å². The highest BCUT2D eigenvalue weighted by Gasteiger charge is 2.56. The maximum Gasteiger partial charge on any atom is 0.235 e. The Morgan fingerprint density at radius 2 is 1.47 bits per heavy atom. The lowest BCUT2D eigenvalue weighted by Gasteiger charge is -2.44. The van der Waals surface area contributed by atoms with E-state index in [4.69, 9.17) is 4.74 Å². The number of rotatable bonds is 10. The Morgan fingerprint density at radius 1 is 0.884 bits per heavy atom. The molecule has 4 unspecified atom stereocenters. The Bertz CT molecular complexity index is 1490. The molecular weight excluding hydrogens is 540 g/mol. The van der Waals surface area contributed by atoms with Gasteiger partial charge in [0.05, 0.1) is 18.1 Å². The number of unbranched alkanes of at least 4 members (excludes halogenated alkanes) is 2. The van der Waals surface area contributed by atoms with E-state index in [1.165, 1.54) is 6.92 Å². The Morgan fingerprint density at radius 3 is 2.05 bits per heavy atom. The minimum Gasteiger partial charge on any atom is -0.493 e. The van der Waals surface area contributed by atoms with Gasteiger partial charge in [0.15, 0.2) is 0 Å². The highest BCUT2D eigenvalue weighted by atomic mass is 16.5. The zero-order chi connectivity index (χ0) is 31.3. The summed E-state index contributed by atoms with van der Waals surface area (Å²) in [4.78, 5) is 42.0. The molecule has 43 heavy (non-hydrogen) atoms. The molecule has 2 amide bonds. The number of para-hydroxylation sites is 1. The van der Waals surface area contributed by atoms with Crippen LogP contribution in [0.2, 0.25) is 0 Å². The van der Waals surface area contributed by atoms with Crippen LogP contribution in [0.3, 0.4) is 0 Å². The first kappa shape index (κ1) is 32.0. The molecular formula is C36H44N2O5. The van der Waals surface area contributed by atoms with Crippen LogP contribution in [0.15, 0.2) is 60.7 Å². The maximum atomic E-state index is 14.2. The third-order valence-electron chi connectivity index (χ3n) is 8.40. The number of anilines is 2. The molecule has 7 heteroatoms. The number of ketones is 1. The number of aryl methyl sites for hydroxylation is 4. The van der Waals surface area contributed by atoms with Gasteiger partial charge in [-0.15, -0.1) is 0 Å². The summed E-state index contributed by atoms with van der Waals surface area (Å²) in [5.74, 6) is -4.22. The molecule has 1 saturated carbocycles. The third-order valence-corrected chi connectivity index (χ3v) is 8.40. The van der Waals surface area contributed by atoms with Gasteiger partial charge in [-0.25, -0.2) is 0 Å². The van der Waals surface area contributed by atoms with Crippen molar-refractivity contribution in [3.8, 4) is 5.75 Å². The van der Waals surface area contributed by atoms with E-state index >= 15 is 0 Å². The number of aliphatic hydroxyl groups is 1. The van der Waals surface area contributed by atoms with Gasteiger partial charge in [0.2, 0.25) is 11.8 Å². The second-order valence-corrected chi connectivity index (χ2v) is 12.2. The monoisotopic (exact) mass is 584 g/mol. The number of nitrogens with one attached hydrogen (secondary N) is 2. The number of Topliss-reactive ketones (excluding diaryl/α,β-unsaturated/α-hetero) is 1. The van der Waals surface area contributed by atoms with Crippen molar-refractivity contribution in [1.82, 2.24) is 0 Å². The van der Waals surface area contributed by atoms with Crippen molar-refractivity contribution in [3.05, 3.63) is 88.5 Å². The Labute approximate surface area is 255 Å². The summed E-state index contributed by atoms with van der Waals surface area (Å²) >= 11 is 0. The maximum absolute atomic E-state index is 14.2. The fourth-order valence-electron chi connectivity index (χ4n) is 6.22. The summed E-state index contributed by atoms with van der Waals surface area (Å²) < 4.78 is 6.20. The number of hydrogen-bond acceptors (Lipinski definition) is 5. The van der Waals surface area contributed by atoms with Gasteiger partial charge in [0, 0.05) is 23.7 Å². The second kappa shape index (κ2) is 13.6. The zero-order valence-corrected chi connectivity index (χ0v) is 26.1. The minimum absolute atomic E-state index is 0.334. The Hall–Kier alpha value is -3.97. The average molecular weight is 585 g/mol. The standard InChI is InChI=1S/C36H44N2O5/c1-7-8-11-18-43-30-13-10-9-12-26(30)31-32(34(40)37-27-16-14-22(2)19-24(27)4)29(39)21-36(6,42)33(31)35(41)38-28-17-15-23(3)20-25(28)5/h9-10,12-17,19-20,31-33,42H,7-8,11,18,21H2,1-6H3,(H,37,40)(H,38,41). The fraction of sp³-hybridized carbons (Fsp3) is 0.417. The van der Waals surface area contributed by atoms with Gasteiger partial charge in [-0.2, -0.15) is 0 Å². The fourth-order valence-corrected chi connectivity index (χ4v) is 6.22. The normalized spacial score (nSPS) is 21.7. The van der Waals surface area contributed by atoms with Gasteiger partial charge < -0.3 is 20.5 Å². The predicted octanol–water partition coefficient (Wildman–Crippen LogP) is 6.81. The van der Waals surface area contributed by atoms with Crippen LogP contribution in [-0.4, -0.2) is 34.9 Å². The lowest BCUT2D eigenvalue weighted by molar-refractivity contribution is -0.150. The molecule has 0 radical (unpaired) electrons. The van der Waals surface area contributed by atoms with E-state index in [2.05, 4.69) is 17.6 Å². The lowest BCUT2D eigenvalue weighted by Crippen LogP contribution is -2.56. The van der Waals surface area contributed by atoms with Crippen molar-refractivity contribution in [1.29, 1.82) is 0 Å². The van der Waals surface area contributed by atoms with E-state index in [0.717, 1.165) is 41.5 Å². The molecule has 228 valence electrons. The topological polar surface area (TPSA) is 105 Å². The molecule has 1 fully saturated rings. The molecule has 7 nitrogen and oxygen atoms in total. The molecule has 4 atom stereocenters. The van der Waals surface area contributed by atoms with Gasteiger partial charge in [-0.3, -0.25) is 14.4 Å². The van der Waals surface area contributed by atoms with Gasteiger partial charge in [0.1, 0.15) is 17.5 Å². The summed E-state index contributed by atoms with van der Waals surface area (Å²) in [6.07, 6.45) is 2.55. The summed E-state index contributed by atoms with van der Waals surface area (Å²) in [6, 6.07) is 18.6. The highest BCUT2D eigenvalue weighted by molar-refractivity contribution is 6.10. The van der Waals surface area contributed by atoms with Crippen molar-refractivity contribution in [2.24, 2.45) is 11.8 Å². The number of hydrogen-bond donors (Lipinski definition) is 3. The van der Waals surface area contributed by atoms with Crippen LogP contribution >= 0.6 is 0 Å². The molecule has 0 saturated heterocycles. The third kappa shape index (κ3) is 7.34. The van der Waals surface area contributed by atoms with E-state index in [1.807, 2.05) is 70.2 Å². The molecule has 0 aliphatic heterocycles. The van der Waals surface area contributed by atoms with Crippen LogP contribution in [-0.2, 0) is 14.4 Å². The van der Waals surface area contributed by atoms with Crippen molar-refractivity contribution < 1.29 is 24.2 Å². The van der Waals surface area contributed by atoms with Crippen LogP contribution in [0.1, 0.15) is 73.3 Å². The van der Waals surface area contributed by atoms with Crippen LogP contribution in [0.4, 0.5) is 11.4 Å². The molecule has 0 bridgehead atoms. The number of ether oxygens (including phenoxy) is 1. The molecule has 0 aromatic heterocycles. The van der Waals surface area contributed by atoms with E-state index in [-0.39, 0.29) is 6.42 Å². The van der Waals surface area contributed by atoms with Crippen LogP contribution in [0.5, 0.6) is 5.75 Å². The van der Waals surface area contributed by atoms with Crippen molar-refractivity contribution in [2.75, 3.05) is 17.2 Å². The Balaban J connectivity index is 1.81. The number of carbonyl (C=O) groups is 3. The zero-order valence-electron chi connectivity index (χ0n) is 26.1. The van der Waals surface area contributed by atoms with E-state index in [9.17, 15) is 19.5 Å². The van der Waals surface area contributed by atoms with Crippen LogP contribution in [0.25, 0.3) is 0 Å². The highest BCUT2D eigenvalue weighted by Crippen LogP contribution is 2.49. The van der Waals surface area contributed by atoms with Crippen molar-refractivity contribution in [2.45, 2.75) is 78.7 Å². The predicted molar refractivity (Wildman–Crippen MR) is 171 cm³/mol. The number of benzene rings is 3. The molecule has 0 heterocycles. The first-order chi connectivity index (χ1) is 20.4. The van der Waals surface area contributed by atoms with Crippen LogP contribution in [0, 0.1) is 39.5 Å². The average Bonchev–Trinajstić information content (AvgIpc) is 2.93. The van der Waals surface area contributed by atoms with E-state index in [0.29, 0.717) is 29.3 Å². The van der Waals surface area contributed by atoms with Crippen molar-refractivity contribution >= 4 is 29.0 Å². The summed E-state index contributed by atoms with van der Waals surface area (Å²) in [5, 5.41) is 17.7. The van der Waals surface area contributed by atoms with Crippen molar-refractivity contribution in [3.63, 3.8) is 0 Å². The quantitative estimate of drug-likeness (QED) is 0.179. The first-order valence-electron chi connectivity index (χ1n) is 15.2. The van der Waals surface area contributed by atoms with Crippen LogP contribution < -0.4 is 15.4 Å². The summed E-state index contributed by atoms with van der Waals surface area (Å²) in [7, 11) is 0. The summed E-state index contributed by atoms with van der Waals surface area (Å²) in [5.41, 5.74) is 3.90. The summed E-state index contributed by atoms with van der Waals surface area (Å²) in [6.45, 7) is 11.8. The van der Waals surface area contributed by atoms with Gasteiger partial charge in [0.25, 0.3) is 0 Å². The molecule has 0 spiro atoms. The molecule has 3 aromatic carbocycles. The number of amides is 2. The largest absolute Gasteiger partial charge is 0.493 e. The molecule has 3 N–H and O–H groups in total. The van der Waals surface area contributed by atoms with Gasteiger partial charge >= 0.3 is 0 Å². The molecule has 1 aliphatic carbocycles. The first-order valence-corrected chi connectivity index (χ1v) is 15.2. The molecule has 3 aromatic rings. The smallest absolute Gasteiger partial charge is 0.235 e. The van der Waals surface area contributed by atoms with Gasteiger partial charge in [-0.1, -0.05) is 73.4 Å². The minimum atomic E-state index is -1.71. The van der Waals surface area contributed by atoms with E-state index < -0.39 is 41.0 Å². The molecule has 1 aliphatic rings. The molecule has 4 rings (SSSR count). The lowest BCUT2D eigenvalue weighted by atomic mass is 9.61.